The fourth-order valence-corrected chi connectivity index (χ4v) is 2.36. The first-order valence-corrected chi connectivity index (χ1v) is 8.63. The van der Waals surface area contributed by atoms with Gasteiger partial charge in [-0.25, -0.2) is 4.99 Å². The number of guanidine groups is 1. The molecule has 0 unspecified atom stereocenters. The molecule has 0 radical (unpaired) electrons. The average Bonchev–Trinajstić information content (AvgIpc) is 2.99. The normalized spacial score (nSPS) is 11.0. The number of methoxy groups -OCH3 is 2. The minimum atomic E-state index is 0. The summed E-state index contributed by atoms with van der Waals surface area (Å²) in [5.41, 5.74) is 1.03. The highest BCUT2D eigenvalue weighted by Gasteiger charge is 2.07. The minimum absolute atomic E-state index is 0. The predicted octanol–water partition coefficient (Wildman–Crippen LogP) is 2.02. The lowest BCUT2D eigenvalue weighted by Crippen LogP contribution is -2.38. The van der Waals surface area contributed by atoms with Crippen LogP contribution in [0.1, 0.15) is 23.6 Å². The van der Waals surface area contributed by atoms with Crippen molar-refractivity contribution in [3.8, 4) is 5.75 Å². The number of rotatable bonds is 9. The molecule has 0 aliphatic heterocycles. The first-order chi connectivity index (χ1) is 12.7. The smallest absolute Gasteiger partial charge is 0.191 e. The van der Waals surface area contributed by atoms with Gasteiger partial charge in [-0.15, -0.1) is 34.2 Å². The van der Waals surface area contributed by atoms with Gasteiger partial charge in [0.25, 0.3) is 0 Å². The summed E-state index contributed by atoms with van der Waals surface area (Å²) in [6.45, 7) is 4.45. The van der Waals surface area contributed by atoms with Crippen LogP contribution in [-0.2, 0) is 24.9 Å². The summed E-state index contributed by atoms with van der Waals surface area (Å²) in [5, 5.41) is 14.9. The van der Waals surface area contributed by atoms with E-state index in [1.165, 1.54) is 0 Å². The molecule has 0 fully saturated rings. The largest absolute Gasteiger partial charge is 0.496 e. The predicted molar refractivity (Wildman–Crippen MR) is 117 cm³/mol. The molecule has 27 heavy (non-hydrogen) atoms. The van der Waals surface area contributed by atoms with Gasteiger partial charge in [0.1, 0.15) is 11.6 Å². The lowest BCUT2D eigenvalue weighted by molar-refractivity contribution is 0.195. The summed E-state index contributed by atoms with van der Waals surface area (Å²) >= 11 is 0. The van der Waals surface area contributed by atoms with Crippen molar-refractivity contribution in [3.05, 3.63) is 41.5 Å². The van der Waals surface area contributed by atoms with Crippen LogP contribution in [0, 0.1) is 6.92 Å². The van der Waals surface area contributed by atoms with Crippen molar-refractivity contribution in [1.29, 1.82) is 0 Å². The molecule has 0 saturated carbocycles. The first kappa shape index (κ1) is 23.2. The van der Waals surface area contributed by atoms with Crippen LogP contribution < -0.4 is 15.4 Å². The van der Waals surface area contributed by atoms with E-state index in [1.54, 1.807) is 14.2 Å². The number of benzene rings is 1. The number of aromatic nitrogens is 3. The van der Waals surface area contributed by atoms with Crippen molar-refractivity contribution in [2.45, 2.75) is 26.4 Å². The van der Waals surface area contributed by atoms with Gasteiger partial charge >= 0.3 is 0 Å². The second-order valence-corrected chi connectivity index (χ2v) is 5.83. The summed E-state index contributed by atoms with van der Waals surface area (Å²) in [6.07, 6.45) is 0.898. The lowest BCUT2D eigenvalue weighted by Gasteiger charge is -2.13. The van der Waals surface area contributed by atoms with Crippen LogP contribution >= 0.6 is 24.0 Å². The van der Waals surface area contributed by atoms with Gasteiger partial charge in [-0.05, 0) is 19.4 Å². The van der Waals surface area contributed by atoms with Gasteiger partial charge in [0, 0.05) is 32.9 Å². The Bertz CT molecular complexity index is 720. The number of nitrogens with zero attached hydrogens (tertiary/aromatic N) is 4. The SMILES string of the molecule is COCCCNC(=NCc1ccccc1OC)NCc1nnc(C)n1C.I. The van der Waals surface area contributed by atoms with Crippen LogP contribution in [0.3, 0.4) is 0 Å². The van der Waals surface area contributed by atoms with Crippen molar-refractivity contribution in [1.82, 2.24) is 25.4 Å². The molecule has 0 atom stereocenters. The van der Waals surface area contributed by atoms with Crippen molar-refractivity contribution < 1.29 is 9.47 Å². The summed E-state index contributed by atoms with van der Waals surface area (Å²) in [4.78, 5) is 4.67. The van der Waals surface area contributed by atoms with Crippen LogP contribution in [0.25, 0.3) is 0 Å². The monoisotopic (exact) mass is 488 g/mol. The van der Waals surface area contributed by atoms with Crippen LogP contribution in [0.5, 0.6) is 5.75 Å². The maximum Gasteiger partial charge on any atom is 0.191 e. The van der Waals surface area contributed by atoms with Crippen LogP contribution in [0.2, 0.25) is 0 Å². The van der Waals surface area contributed by atoms with Gasteiger partial charge in [0.05, 0.1) is 20.2 Å². The van der Waals surface area contributed by atoms with Crippen LogP contribution in [0.4, 0.5) is 0 Å². The number of hydrogen-bond acceptors (Lipinski definition) is 5. The molecule has 1 heterocycles. The Hall–Kier alpha value is -1.88. The van der Waals surface area contributed by atoms with Gasteiger partial charge in [0.2, 0.25) is 0 Å². The molecule has 2 rings (SSSR count). The number of ether oxygens (including phenoxy) is 2. The number of para-hydroxylation sites is 1. The van der Waals surface area contributed by atoms with E-state index in [0.29, 0.717) is 25.7 Å². The fourth-order valence-electron chi connectivity index (χ4n) is 2.36. The van der Waals surface area contributed by atoms with Crippen molar-refractivity contribution in [2.24, 2.45) is 12.0 Å². The Kier molecular flexibility index (Phi) is 10.7. The number of aliphatic imine (C=N–C) groups is 1. The van der Waals surface area contributed by atoms with Crippen LogP contribution in [-0.4, -0.2) is 48.1 Å². The topological polar surface area (TPSA) is 85.6 Å². The molecule has 0 aliphatic carbocycles. The van der Waals surface area contributed by atoms with E-state index >= 15 is 0 Å². The van der Waals surface area contributed by atoms with Crippen molar-refractivity contribution in [2.75, 3.05) is 27.4 Å². The summed E-state index contributed by atoms with van der Waals surface area (Å²) in [5.74, 6) is 3.28. The molecule has 1 aromatic heterocycles. The molecular weight excluding hydrogens is 459 g/mol. The number of aryl methyl sites for hydroxylation is 1. The zero-order chi connectivity index (χ0) is 18.8. The number of halogens is 1. The zero-order valence-corrected chi connectivity index (χ0v) is 18.7. The van der Waals surface area contributed by atoms with E-state index in [4.69, 9.17) is 9.47 Å². The van der Waals surface area contributed by atoms with E-state index in [-0.39, 0.29) is 24.0 Å². The molecule has 2 aromatic rings. The van der Waals surface area contributed by atoms with Gasteiger partial charge in [-0.1, -0.05) is 18.2 Å². The summed E-state index contributed by atoms with van der Waals surface area (Å²) < 4.78 is 12.4. The molecule has 0 saturated heterocycles. The Labute approximate surface area is 177 Å². The maximum absolute atomic E-state index is 5.39. The second kappa shape index (κ2) is 12.5. The number of nitrogens with one attached hydrogen (secondary N) is 2. The average molecular weight is 488 g/mol. The molecule has 0 amide bonds. The molecule has 0 aliphatic rings. The van der Waals surface area contributed by atoms with Crippen molar-refractivity contribution in [3.63, 3.8) is 0 Å². The summed E-state index contributed by atoms with van der Waals surface area (Å²) in [7, 11) is 5.32. The third-order valence-corrected chi connectivity index (χ3v) is 4.01. The molecule has 150 valence electrons. The molecule has 0 bridgehead atoms. The summed E-state index contributed by atoms with van der Waals surface area (Å²) in [6, 6.07) is 7.88. The molecule has 2 N–H and O–H groups in total. The van der Waals surface area contributed by atoms with E-state index in [9.17, 15) is 0 Å². The fraction of sp³-hybridized carbons (Fsp3) is 0.500. The Balaban J connectivity index is 0.00000364. The number of hydrogen-bond donors (Lipinski definition) is 2. The third-order valence-electron chi connectivity index (χ3n) is 4.01. The highest BCUT2D eigenvalue weighted by molar-refractivity contribution is 14.0. The molecule has 1 aromatic carbocycles. The first-order valence-electron chi connectivity index (χ1n) is 8.63. The third kappa shape index (κ3) is 7.33. The van der Waals surface area contributed by atoms with E-state index < -0.39 is 0 Å². The van der Waals surface area contributed by atoms with Gasteiger partial charge in [-0.3, -0.25) is 0 Å². The highest BCUT2D eigenvalue weighted by atomic mass is 127. The van der Waals surface area contributed by atoms with E-state index in [1.807, 2.05) is 42.8 Å². The Morgan fingerprint density at radius 1 is 1.19 bits per heavy atom. The Morgan fingerprint density at radius 3 is 2.63 bits per heavy atom. The maximum atomic E-state index is 5.39. The van der Waals surface area contributed by atoms with E-state index in [0.717, 1.165) is 35.9 Å². The second-order valence-electron chi connectivity index (χ2n) is 5.83. The molecule has 8 nitrogen and oxygen atoms in total. The van der Waals surface area contributed by atoms with Gasteiger partial charge in [0.15, 0.2) is 11.8 Å². The standard InChI is InChI=1S/C18H28N6O2.HI/c1-14-22-23-17(24(14)2)13-21-18(19-10-7-11-25-3)20-12-15-8-5-6-9-16(15)26-4;/h5-6,8-9H,7,10-13H2,1-4H3,(H2,19,20,21);1H. The molecular formula is C18H29IN6O2. The quantitative estimate of drug-likeness (QED) is 0.243. The molecule has 0 spiro atoms. The van der Waals surface area contributed by atoms with Crippen LogP contribution in [0.15, 0.2) is 29.3 Å². The minimum Gasteiger partial charge on any atom is -0.496 e. The zero-order valence-electron chi connectivity index (χ0n) is 16.4. The molecule has 9 heteroatoms. The van der Waals surface area contributed by atoms with Crippen molar-refractivity contribution >= 4 is 29.9 Å². The van der Waals surface area contributed by atoms with Gasteiger partial charge in [-0.2, -0.15) is 0 Å². The van der Waals surface area contributed by atoms with Gasteiger partial charge < -0.3 is 24.7 Å². The highest BCUT2D eigenvalue weighted by Crippen LogP contribution is 2.17. The Morgan fingerprint density at radius 2 is 1.96 bits per heavy atom. The van der Waals surface area contributed by atoms with E-state index in [2.05, 4.69) is 25.8 Å². The lowest BCUT2D eigenvalue weighted by atomic mass is 10.2.